The molecule has 0 saturated carbocycles. The predicted molar refractivity (Wildman–Crippen MR) is 126 cm³/mol. The Morgan fingerprint density at radius 2 is 1.78 bits per heavy atom. The highest BCUT2D eigenvalue weighted by Crippen LogP contribution is 2.25. The SMILES string of the molecule is CC(C)c1ccc(-n2c3c(cc(C(=O)NCc4ccccc4Cl)c2=O)C(=O)CCC3)cc1. The molecule has 5 nitrogen and oxygen atoms in total. The van der Waals surface area contributed by atoms with Crippen LogP contribution in [0, 0.1) is 0 Å². The molecular weight excluding hydrogens is 424 g/mol. The number of hydrogen-bond acceptors (Lipinski definition) is 3. The van der Waals surface area contributed by atoms with Gasteiger partial charge < -0.3 is 5.32 Å². The van der Waals surface area contributed by atoms with Crippen LogP contribution < -0.4 is 10.9 Å². The average molecular weight is 449 g/mol. The molecule has 0 fully saturated rings. The molecule has 0 aliphatic heterocycles. The number of carbonyl (C=O) groups is 2. The van der Waals surface area contributed by atoms with Crippen LogP contribution in [0.15, 0.2) is 59.4 Å². The molecule has 1 heterocycles. The third-order valence-corrected chi connectivity index (χ3v) is 6.25. The highest BCUT2D eigenvalue weighted by Gasteiger charge is 2.26. The number of Topliss-reactive ketones (excluding diaryl/α,β-unsaturated/α-hetero) is 1. The summed E-state index contributed by atoms with van der Waals surface area (Å²) in [6, 6.07) is 16.4. The third kappa shape index (κ3) is 4.26. The molecule has 1 aliphatic rings. The van der Waals surface area contributed by atoms with Gasteiger partial charge in [0.2, 0.25) is 0 Å². The molecule has 1 aliphatic carbocycles. The molecule has 1 aromatic heterocycles. The Morgan fingerprint density at radius 1 is 1.06 bits per heavy atom. The second-order valence-corrected chi connectivity index (χ2v) is 8.76. The molecule has 6 heteroatoms. The van der Waals surface area contributed by atoms with Crippen LogP contribution in [0.25, 0.3) is 5.69 Å². The van der Waals surface area contributed by atoms with Crippen molar-refractivity contribution in [1.29, 1.82) is 0 Å². The fourth-order valence-electron chi connectivity index (χ4n) is 4.05. The number of amides is 1. The fraction of sp³-hybridized carbons (Fsp3) is 0.269. The standard InChI is InChI=1S/C26H25ClN2O3/c1-16(2)17-10-12-19(13-11-17)29-23-8-5-9-24(30)20(23)14-21(26(29)32)25(31)28-15-18-6-3-4-7-22(18)27/h3-4,6-7,10-14,16H,5,8-9,15H2,1-2H3,(H,28,31). The van der Waals surface area contributed by atoms with Gasteiger partial charge in [-0.1, -0.05) is 55.8 Å². The number of hydrogen-bond donors (Lipinski definition) is 1. The number of benzene rings is 2. The van der Waals surface area contributed by atoms with Gasteiger partial charge in [0, 0.05) is 34.9 Å². The molecule has 0 atom stereocenters. The lowest BCUT2D eigenvalue weighted by Gasteiger charge is -2.22. The summed E-state index contributed by atoms with van der Waals surface area (Å²) in [5.74, 6) is -0.208. The summed E-state index contributed by atoms with van der Waals surface area (Å²) >= 11 is 6.18. The topological polar surface area (TPSA) is 68.2 Å². The van der Waals surface area contributed by atoms with E-state index in [-0.39, 0.29) is 17.9 Å². The minimum absolute atomic E-state index is 0.0426. The van der Waals surface area contributed by atoms with Gasteiger partial charge in [0.1, 0.15) is 5.56 Å². The van der Waals surface area contributed by atoms with Crippen molar-refractivity contribution in [3.8, 4) is 5.69 Å². The van der Waals surface area contributed by atoms with Crippen LogP contribution in [0.1, 0.15) is 70.1 Å². The van der Waals surface area contributed by atoms with Gasteiger partial charge in [-0.05, 0) is 54.2 Å². The molecule has 1 N–H and O–H groups in total. The fourth-order valence-corrected chi connectivity index (χ4v) is 4.25. The lowest BCUT2D eigenvalue weighted by atomic mass is 9.92. The van der Waals surface area contributed by atoms with Gasteiger partial charge in [-0.2, -0.15) is 0 Å². The second-order valence-electron chi connectivity index (χ2n) is 8.36. The van der Waals surface area contributed by atoms with E-state index in [4.69, 9.17) is 11.6 Å². The number of nitrogens with one attached hydrogen (secondary N) is 1. The molecule has 2 aromatic carbocycles. The zero-order chi connectivity index (χ0) is 22.8. The lowest BCUT2D eigenvalue weighted by molar-refractivity contribution is 0.0949. The van der Waals surface area contributed by atoms with Gasteiger partial charge in [-0.3, -0.25) is 19.0 Å². The van der Waals surface area contributed by atoms with Crippen LogP contribution in [0.3, 0.4) is 0 Å². The summed E-state index contributed by atoms with van der Waals surface area (Å²) in [5, 5.41) is 3.31. The van der Waals surface area contributed by atoms with Crippen molar-refractivity contribution in [1.82, 2.24) is 9.88 Å². The van der Waals surface area contributed by atoms with Crippen molar-refractivity contribution in [2.24, 2.45) is 0 Å². The smallest absolute Gasteiger partial charge is 0.268 e. The predicted octanol–water partition coefficient (Wildman–Crippen LogP) is 5.06. The van der Waals surface area contributed by atoms with E-state index in [1.807, 2.05) is 42.5 Å². The van der Waals surface area contributed by atoms with Crippen LogP contribution in [0.4, 0.5) is 0 Å². The first kappa shape index (κ1) is 22.0. The van der Waals surface area contributed by atoms with E-state index in [0.717, 1.165) is 11.1 Å². The first-order valence-electron chi connectivity index (χ1n) is 10.8. The molecule has 32 heavy (non-hydrogen) atoms. The first-order valence-corrected chi connectivity index (χ1v) is 11.2. The number of ketones is 1. The summed E-state index contributed by atoms with van der Waals surface area (Å²) in [7, 11) is 0. The molecule has 0 spiro atoms. The van der Waals surface area contributed by atoms with Crippen molar-refractivity contribution < 1.29 is 9.59 Å². The minimum atomic E-state index is -0.524. The Morgan fingerprint density at radius 3 is 2.47 bits per heavy atom. The molecular formula is C26H25ClN2O3. The maximum atomic E-state index is 13.5. The van der Waals surface area contributed by atoms with Crippen molar-refractivity contribution in [3.63, 3.8) is 0 Å². The minimum Gasteiger partial charge on any atom is -0.348 e. The third-order valence-electron chi connectivity index (χ3n) is 5.88. The van der Waals surface area contributed by atoms with Gasteiger partial charge in [-0.15, -0.1) is 0 Å². The van der Waals surface area contributed by atoms with E-state index in [1.54, 1.807) is 6.07 Å². The van der Waals surface area contributed by atoms with E-state index < -0.39 is 11.5 Å². The Bertz CT molecular complexity index is 1240. The molecule has 3 aromatic rings. The number of carbonyl (C=O) groups excluding carboxylic acids is 2. The first-order chi connectivity index (χ1) is 15.4. The maximum absolute atomic E-state index is 13.5. The quantitative estimate of drug-likeness (QED) is 0.593. The van der Waals surface area contributed by atoms with Crippen LogP contribution in [0.2, 0.25) is 5.02 Å². The maximum Gasteiger partial charge on any atom is 0.268 e. The van der Waals surface area contributed by atoms with Gasteiger partial charge >= 0.3 is 0 Å². The normalized spacial score (nSPS) is 13.2. The zero-order valence-electron chi connectivity index (χ0n) is 18.2. The van der Waals surface area contributed by atoms with Gasteiger partial charge in [0.15, 0.2) is 5.78 Å². The summed E-state index contributed by atoms with van der Waals surface area (Å²) in [6.45, 7) is 4.39. The molecule has 0 bridgehead atoms. The Labute approximate surface area is 192 Å². The molecule has 0 radical (unpaired) electrons. The zero-order valence-corrected chi connectivity index (χ0v) is 18.9. The van der Waals surface area contributed by atoms with Crippen LogP contribution in [-0.4, -0.2) is 16.3 Å². The molecule has 164 valence electrons. The number of rotatable bonds is 5. The number of pyridine rings is 1. The molecule has 0 unspecified atom stereocenters. The lowest BCUT2D eigenvalue weighted by Crippen LogP contribution is -2.36. The number of fused-ring (bicyclic) bond motifs is 1. The highest BCUT2D eigenvalue weighted by atomic mass is 35.5. The van der Waals surface area contributed by atoms with E-state index >= 15 is 0 Å². The largest absolute Gasteiger partial charge is 0.348 e. The summed E-state index contributed by atoms with van der Waals surface area (Å²) in [4.78, 5) is 39.1. The van der Waals surface area contributed by atoms with E-state index in [9.17, 15) is 14.4 Å². The molecule has 1 amide bonds. The number of nitrogens with zero attached hydrogens (tertiary/aromatic N) is 1. The van der Waals surface area contributed by atoms with E-state index in [2.05, 4.69) is 19.2 Å². The van der Waals surface area contributed by atoms with Crippen molar-refractivity contribution >= 4 is 23.3 Å². The second kappa shape index (κ2) is 9.13. The Hall–Kier alpha value is -3.18. The van der Waals surface area contributed by atoms with Crippen LogP contribution in [-0.2, 0) is 13.0 Å². The van der Waals surface area contributed by atoms with E-state index in [1.165, 1.54) is 10.6 Å². The van der Waals surface area contributed by atoms with Gasteiger partial charge in [-0.25, -0.2) is 0 Å². The Balaban J connectivity index is 1.76. The highest BCUT2D eigenvalue weighted by molar-refractivity contribution is 6.31. The van der Waals surface area contributed by atoms with Crippen molar-refractivity contribution in [3.05, 3.63) is 97.9 Å². The Kier molecular flexibility index (Phi) is 6.28. The molecule has 0 saturated heterocycles. The van der Waals surface area contributed by atoms with Crippen molar-refractivity contribution in [2.45, 2.75) is 45.6 Å². The molecule has 4 rings (SSSR count). The summed E-state index contributed by atoms with van der Waals surface area (Å²) in [5.41, 5.74) is 3.22. The summed E-state index contributed by atoms with van der Waals surface area (Å²) in [6.07, 6.45) is 1.72. The average Bonchev–Trinajstić information content (AvgIpc) is 2.78. The van der Waals surface area contributed by atoms with Crippen LogP contribution in [0.5, 0.6) is 0 Å². The van der Waals surface area contributed by atoms with E-state index in [0.29, 0.717) is 47.1 Å². The monoisotopic (exact) mass is 448 g/mol. The van der Waals surface area contributed by atoms with Crippen LogP contribution >= 0.6 is 11.6 Å². The number of aromatic nitrogens is 1. The van der Waals surface area contributed by atoms with Gasteiger partial charge in [0.05, 0.1) is 0 Å². The van der Waals surface area contributed by atoms with Crippen molar-refractivity contribution in [2.75, 3.05) is 0 Å². The number of halogens is 1. The summed E-state index contributed by atoms with van der Waals surface area (Å²) < 4.78 is 1.53. The van der Waals surface area contributed by atoms with Gasteiger partial charge in [0.25, 0.3) is 11.5 Å².